The second kappa shape index (κ2) is 7.62. The smallest absolute Gasteiger partial charge is 0.142 e. The van der Waals surface area contributed by atoms with Gasteiger partial charge in [-0.05, 0) is 26.1 Å². The molecule has 0 saturated carbocycles. The lowest BCUT2D eigenvalue weighted by Gasteiger charge is -2.21. The lowest BCUT2D eigenvalue weighted by Crippen LogP contribution is -2.35. The zero-order valence-electron chi connectivity index (χ0n) is 11.4. The fourth-order valence-corrected chi connectivity index (χ4v) is 1.79. The third-order valence-corrected chi connectivity index (χ3v) is 2.68. The number of anilines is 1. The summed E-state index contributed by atoms with van der Waals surface area (Å²) < 4.78 is 5.46. The number of aliphatic hydroxyl groups is 1. The van der Waals surface area contributed by atoms with Gasteiger partial charge in [-0.25, -0.2) is 0 Å². The Morgan fingerprint density at radius 3 is 2.74 bits per heavy atom. The molecule has 0 spiro atoms. The molecule has 0 amide bonds. The summed E-state index contributed by atoms with van der Waals surface area (Å²) in [5.74, 6) is 0.525. The summed E-state index contributed by atoms with van der Waals surface area (Å²) in [6, 6.07) is 9.34. The van der Waals surface area contributed by atoms with Gasteiger partial charge in [0.05, 0.1) is 17.7 Å². The van der Waals surface area contributed by atoms with Crippen LogP contribution in [0.15, 0.2) is 24.3 Å². The molecule has 1 rings (SSSR count). The lowest BCUT2D eigenvalue weighted by molar-refractivity contribution is 0.0747. The minimum atomic E-state index is -0.615. The highest BCUT2D eigenvalue weighted by Crippen LogP contribution is 2.19. The molecule has 3 N–H and O–H groups in total. The van der Waals surface area contributed by atoms with Gasteiger partial charge in [-0.15, -0.1) is 0 Å². The Kier molecular flexibility index (Phi) is 6.13. The standard InChI is InChI=1S/C14H21N3O2/c1-11(7-15)8-17(2)9-12(18)10-19-14-6-4-3-5-13(14)16/h3-6,11-12,18H,8-10,16H2,1-2H3. The van der Waals surface area contributed by atoms with Crippen LogP contribution in [-0.2, 0) is 0 Å². The molecular weight excluding hydrogens is 242 g/mol. The van der Waals surface area contributed by atoms with Crippen molar-refractivity contribution in [1.82, 2.24) is 4.90 Å². The Balaban J connectivity index is 2.34. The Hall–Kier alpha value is -1.77. The highest BCUT2D eigenvalue weighted by molar-refractivity contribution is 5.51. The largest absolute Gasteiger partial charge is 0.489 e. The van der Waals surface area contributed by atoms with E-state index in [2.05, 4.69) is 6.07 Å². The Labute approximate surface area is 114 Å². The van der Waals surface area contributed by atoms with E-state index in [0.717, 1.165) is 0 Å². The molecule has 5 nitrogen and oxygen atoms in total. The van der Waals surface area contributed by atoms with Crippen molar-refractivity contribution < 1.29 is 9.84 Å². The number of para-hydroxylation sites is 2. The molecule has 0 aliphatic rings. The van der Waals surface area contributed by atoms with Gasteiger partial charge >= 0.3 is 0 Å². The molecule has 0 fully saturated rings. The first-order valence-corrected chi connectivity index (χ1v) is 6.26. The van der Waals surface area contributed by atoms with Crippen molar-refractivity contribution in [3.05, 3.63) is 24.3 Å². The number of likely N-dealkylation sites (N-methyl/N-ethyl adjacent to an activating group) is 1. The minimum Gasteiger partial charge on any atom is -0.489 e. The van der Waals surface area contributed by atoms with Gasteiger partial charge in [0.1, 0.15) is 18.5 Å². The molecule has 0 radical (unpaired) electrons. The molecule has 2 unspecified atom stereocenters. The normalized spacial score (nSPS) is 13.8. The summed E-state index contributed by atoms with van der Waals surface area (Å²) >= 11 is 0. The van der Waals surface area contributed by atoms with Gasteiger partial charge in [0.15, 0.2) is 0 Å². The number of nitrogen functional groups attached to an aromatic ring is 1. The number of nitriles is 1. The van der Waals surface area contributed by atoms with E-state index in [1.807, 2.05) is 31.0 Å². The van der Waals surface area contributed by atoms with E-state index in [-0.39, 0.29) is 12.5 Å². The van der Waals surface area contributed by atoms with Crippen molar-refractivity contribution in [3.63, 3.8) is 0 Å². The van der Waals surface area contributed by atoms with Crippen molar-refractivity contribution >= 4 is 5.69 Å². The number of ether oxygens (including phenoxy) is 1. The summed E-state index contributed by atoms with van der Waals surface area (Å²) in [5.41, 5.74) is 6.30. The molecule has 2 atom stereocenters. The first-order chi connectivity index (χ1) is 9.02. The molecule has 1 aromatic carbocycles. The van der Waals surface area contributed by atoms with Crippen LogP contribution in [-0.4, -0.2) is 42.9 Å². The average Bonchev–Trinajstić information content (AvgIpc) is 2.37. The van der Waals surface area contributed by atoms with E-state index in [9.17, 15) is 5.11 Å². The number of nitrogens with two attached hydrogens (primary N) is 1. The molecular formula is C14H21N3O2. The Bertz CT molecular complexity index is 431. The fraction of sp³-hybridized carbons (Fsp3) is 0.500. The molecule has 0 heterocycles. The fourth-order valence-electron chi connectivity index (χ4n) is 1.79. The first-order valence-electron chi connectivity index (χ1n) is 6.26. The van der Waals surface area contributed by atoms with Gasteiger partial charge in [-0.1, -0.05) is 12.1 Å². The Morgan fingerprint density at radius 2 is 2.11 bits per heavy atom. The van der Waals surface area contributed by atoms with Crippen LogP contribution in [0.25, 0.3) is 0 Å². The molecule has 0 aromatic heterocycles. The lowest BCUT2D eigenvalue weighted by atomic mass is 10.2. The van der Waals surface area contributed by atoms with Gasteiger partial charge in [-0.2, -0.15) is 5.26 Å². The SMILES string of the molecule is CC(C#N)CN(C)CC(O)COc1ccccc1N. The third-order valence-electron chi connectivity index (χ3n) is 2.68. The molecule has 0 saturated heterocycles. The molecule has 0 aliphatic heterocycles. The monoisotopic (exact) mass is 263 g/mol. The third kappa shape index (κ3) is 5.60. The summed E-state index contributed by atoms with van der Waals surface area (Å²) in [5, 5.41) is 18.6. The second-order valence-corrected chi connectivity index (χ2v) is 4.75. The highest BCUT2D eigenvalue weighted by atomic mass is 16.5. The predicted octanol–water partition coefficient (Wildman–Crippen LogP) is 1.10. The summed E-state index contributed by atoms with van der Waals surface area (Å²) in [6.07, 6.45) is -0.615. The second-order valence-electron chi connectivity index (χ2n) is 4.75. The maximum absolute atomic E-state index is 9.87. The van der Waals surface area contributed by atoms with Crippen LogP contribution in [0.2, 0.25) is 0 Å². The molecule has 0 bridgehead atoms. The highest BCUT2D eigenvalue weighted by Gasteiger charge is 2.12. The van der Waals surface area contributed by atoms with Crippen molar-refractivity contribution in [2.75, 3.05) is 32.5 Å². The van der Waals surface area contributed by atoms with E-state index in [0.29, 0.717) is 24.5 Å². The Morgan fingerprint density at radius 1 is 1.42 bits per heavy atom. The maximum Gasteiger partial charge on any atom is 0.142 e. The van der Waals surface area contributed by atoms with E-state index < -0.39 is 6.10 Å². The number of rotatable bonds is 7. The molecule has 19 heavy (non-hydrogen) atoms. The number of hydrogen-bond donors (Lipinski definition) is 2. The van der Waals surface area contributed by atoms with Crippen LogP contribution in [0.4, 0.5) is 5.69 Å². The van der Waals surface area contributed by atoms with Crippen molar-refractivity contribution in [1.29, 1.82) is 5.26 Å². The van der Waals surface area contributed by atoms with E-state index >= 15 is 0 Å². The number of hydrogen-bond acceptors (Lipinski definition) is 5. The molecule has 1 aromatic rings. The maximum atomic E-state index is 9.87. The van der Waals surface area contributed by atoms with E-state index in [1.165, 1.54) is 0 Å². The number of nitrogens with zero attached hydrogens (tertiary/aromatic N) is 2. The van der Waals surface area contributed by atoms with Gasteiger partial charge in [-0.3, -0.25) is 0 Å². The van der Waals surface area contributed by atoms with Crippen molar-refractivity contribution in [3.8, 4) is 11.8 Å². The summed E-state index contributed by atoms with van der Waals surface area (Å²) in [7, 11) is 1.87. The number of benzene rings is 1. The van der Waals surface area contributed by atoms with Crippen LogP contribution in [0.3, 0.4) is 0 Å². The van der Waals surface area contributed by atoms with Crippen molar-refractivity contribution in [2.45, 2.75) is 13.0 Å². The van der Waals surface area contributed by atoms with Crippen molar-refractivity contribution in [2.24, 2.45) is 5.92 Å². The zero-order valence-corrected chi connectivity index (χ0v) is 11.4. The van der Waals surface area contributed by atoms with Gasteiger partial charge < -0.3 is 20.5 Å². The predicted molar refractivity (Wildman–Crippen MR) is 74.6 cm³/mol. The topological polar surface area (TPSA) is 82.5 Å². The number of aliphatic hydroxyl groups excluding tert-OH is 1. The zero-order chi connectivity index (χ0) is 14.3. The minimum absolute atomic E-state index is 0.0529. The molecule has 104 valence electrons. The summed E-state index contributed by atoms with van der Waals surface area (Å²) in [4.78, 5) is 1.91. The quantitative estimate of drug-likeness (QED) is 0.720. The average molecular weight is 263 g/mol. The van der Waals surface area contributed by atoms with Gasteiger partial charge in [0.2, 0.25) is 0 Å². The van der Waals surface area contributed by atoms with Crippen LogP contribution in [0, 0.1) is 17.2 Å². The molecule has 5 heteroatoms. The van der Waals surface area contributed by atoms with Gasteiger partial charge in [0.25, 0.3) is 0 Å². The molecule has 0 aliphatic carbocycles. The van der Waals surface area contributed by atoms with E-state index in [4.69, 9.17) is 15.7 Å². The van der Waals surface area contributed by atoms with Gasteiger partial charge in [0, 0.05) is 13.1 Å². The summed E-state index contributed by atoms with van der Waals surface area (Å²) in [6.45, 7) is 3.11. The van der Waals surface area contributed by atoms with Crippen LogP contribution in [0.5, 0.6) is 5.75 Å². The van der Waals surface area contributed by atoms with Crippen LogP contribution >= 0.6 is 0 Å². The van der Waals surface area contributed by atoms with Crippen LogP contribution in [0.1, 0.15) is 6.92 Å². The van der Waals surface area contributed by atoms with E-state index in [1.54, 1.807) is 12.1 Å². The van der Waals surface area contributed by atoms with Crippen LogP contribution < -0.4 is 10.5 Å². The first kappa shape index (κ1) is 15.3.